The van der Waals surface area contributed by atoms with Crippen molar-refractivity contribution in [1.29, 1.82) is 0 Å². The van der Waals surface area contributed by atoms with Gasteiger partial charge in [0.25, 0.3) is 0 Å². The fourth-order valence-corrected chi connectivity index (χ4v) is 2.46. The lowest BCUT2D eigenvalue weighted by molar-refractivity contribution is 0.380. The van der Waals surface area contributed by atoms with Crippen LogP contribution in [0.3, 0.4) is 0 Å². The highest BCUT2D eigenvalue weighted by Crippen LogP contribution is 2.28. The largest absolute Gasteiger partial charge is 0.314 e. The molecule has 1 aromatic rings. The van der Waals surface area contributed by atoms with Crippen LogP contribution in [-0.4, -0.2) is 12.6 Å². The molecule has 0 saturated carbocycles. The Kier molecular flexibility index (Phi) is 5.87. The summed E-state index contributed by atoms with van der Waals surface area (Å²) in [6.07, 6.45) is 2.44. The van der Waals surface area contributed by atoms with Gasteiger partial charge in [-0.3, -0.25) is 0 Å². The van der Waals surface area contributed by atoms with E-state index >= 15 is 0 Å². The molecule has 0 aliphatic carbocycles. The van der Waals surface area contributed by atoms with Gasteiger partial charge in [0.05, 0.1) is 0 Å². The summed E-state index contributed by atoms with van der Waals surface area (Å²) in [5, 5.41) is 3.64. The van der Waals surface area contributed by atoms with E-state index in [1.165, 1.54) is 18.4 Å². The van der Waals surface area contributed by atoms with Crippen molar-refractivity contribution in [2.45, 2.75) is 58.9 Å². The van der Waals surface area contributed by atoms with E-state index in [1.54, 1.807) is 0 Å². The third kappa shape index (κ3) is 5.22. The zero-order valence-corrected chi connectivity index (χ0v) is 12.7. The average molecular weight is 247 g/mol. The first-order valence-electron chi connectivity index (χ1n) is 7.21. The summed E-state index contributed by atoms with van der Waals surface area (Å²) in [6, 6.07) is 11.4. The molecule has 0 aliphatic rings. The van der Waals surface area contributed by atoms with Crippen LogP contribution in [0.5, 0.6) is 0 Å². The van der Waals surface area contributed by atoms with Crippen LogP contribution in [0.2, 0.25) is 0 Å². The Labute approximate surface area is 113 Å². The van der Waals surface area contributed by atoms with E-state index in [0.717, 1.165) is 12.5 Å². The molecule has 0 aliphatic heterocycles. The molecule has 0 saturated heterocycles. The third-order valence-corrected chi connectivity index (χ3v) is 3.59. The van der Waals surface area contributed by atoms with Crippen molar-refractivity contribution >= 4 is 0 Å². The van der Waals surface area contributed by atoms with E-state index in [9.17, 15) is 0 Å². The van der Waals surface area contributed by atoms with Gasteiger partial charge in [0, 0.05) is 6.04 Å². The summed E-state index contributed by atoms with van der Waals surface area (Å²) in [5.41, 5.74) is 1.67. The first-order valence-corrected chi connectivity index (χ1v) is 7.21. The van der Waals surface area contributed by atoms with Crippen LogP contribution in [0.1, 0.15) is 53.0 Å². The Hall–Kier alpha value is -0.820. The van der Waals surface area contributed by atoms with E-state index in [0.29, 0.717) is 6.04 Å². The monoisotopic (exact) mass is 247 g/mol. The molecule has 1 unspecified atom stereocenters. The van der Waals surface area contributed by atoms with Crippen molar-refractivity contribution in [3.8, 4) is 0 Å². The number of nitrogens with one attached hydrogen (secondary N) is 1. The van der Waals surface area contributed by atoms with E-state index in [1.807, 2.05) is 0 Å². The van der Waals surface area contributed by atoms with Crippen molar-refractivity contribution in [3.63, 3.8) is 0 Å². The maximum absolute atomic E-state index is 3.64. The maximum Gasteiger partial charge on any atom is 0.00470 e. The molecule has 0 amide bonds. The van der Waals surface area contributed by atoms with Gasteiger partial charge >= 0.3 is 0 Å². The van der Waals surface area contributed by atoms with Gasteiger partial charge in [0.1, 0.15) is 0 Å². The molecule has 1 aromatic carbocycles. The molecular formula is C17H29N. The molecule has 1 rings (SSSR count). The van der Waals surface area contributed by atoms with E-state index in [4.69, 9.17) is 0 Å². The minimum atomic E-state index is 0.242. The topological polar surface area (TPSA) is 12.0 Å². The van der Waals surface area contributed by atoms with E-state index < -0.39 is 0 Å². The van der Waals surface area contributed by atoms with Gasteiger partial charge in [0.15, 0.2) is 0 Å². The normalized spacial score (nSPS) is 13.9. The minimum Gasteiger partial charge on any atom is -0.314 e. The number of hydrogen-bond donors (Lipinski definition) is 1. The van der Waals surface area contributed by atoms with Gasteiger partial charge in [-0.05, 0) is 43.2 Å². The highest BCUT2D eigenvalue weighted by molar-refractivity contribution is 5.23. The molecule has 1 heteroatoms. The van der Waals surface area contributed by atoms with E-state index in [2.05, 4.69) is 70.3 Å². The Morgan fingerprint density at radius 2 is 1.67 bits per heavy atom. The molecular weight excluding hydrogens is 218 g/mol. The zero-order valence-electron chi connectivity index (χ0n) is 12.7. The number of hydrogen-bond acceptors (Lipinski definition) is 1. The van der Waals surface area contributed by atoms with Crippen molar-refractivity contribution < 1.29 is 0 Å². The van der Waals surface area contributed by atoms with Crippen LogP contribution in [0.25, 0.3) is 0 Å². The zero-order chi connectivity index (χ0) is 13.6. The van der Waals surface area contributed by atoms with Crippen LogP contribution in [-0.2, 0) is 5.41 Å². The predicted molar refractivity (Wildman–Crippen MR) is 81.0 cm³/mol. The molecule has 0 heterocycles. The minimum absolute atomic E-state index is 0.242. The average Bonchev–Trinajstić information content (AvgIpc) is 2.29. The Morgan fingerprint density at radius 1 is 1.06 bits per heavy atom. The highest BCUT2D eigenvalue weighted by Gasteiger charge is 2.22. The molecule has 102 valence electrons. The molecule has 1 atom stereocenters. The van der Waals surface area contributed by atoms with E-state index in [-0.39, 0.29) is 5.41 Å². The van der Waals surface area contributed by atoms with Crippen molar-refractivity contribution in [2.24, 2.45) is 5.92 Å². The van der Waals surface area contributed by atoms with Crippen LogP contribution in [0, 0.1) is 5.92 Å². The molecule has 0 radical (unpaired) electrons. The summed E-state index contributed by atoms with van der Waals surface area (Å²) in [7, 11) is 0. The second-order valence-electron chi connectivity index (χ2n) is 6.49. The van der Waals surface area contributed by atoms with Crippen LogP contribution < -0.4 is 5.32 Å². The summed E-state index contributed by atoms with van der Waals surface area (Å²) in [6.45, 7) is 12.7. The molecule has 0 bridgehead atoms. The fourth-order valence-electron chi connectivity index (χ4n) is 2.46. The molecule has 0 fully saturated rings. The first-order chi connectivity index (χ1) is 8.42. The van der Waals surface area contributed by atoms with Crippen LogP contribution in [0.4, 0.5) is 0 Å². The van der Waals surface area contributed by atoms with Gasteiger partial charge < -0.3 is 5.32 Å². The predicted octanol–water partition coefficient (Wildman–Crippen LogP) is 4.38. The standard InChI is InChI=1S/C17H29N/c1-14(2)11-12-18-15(3)13-17(4,5)16-9-7-6-8-10-16/h6-10,14-15,18H,11-13H2,1-5H3. The second-order valence-corrected chi connectivity index (χ2v) is 6.49. The highest BCUT2D eigenvalue weighted by atomic mass is 14.9. The van der Waals surface area contributed by atoms with Crippen LogP contribution in [0.15, 0.2) is 30.3 Å². The second kappa shape index (κ2) is 6.94. The van der Waals surface area contributed by atoms with Gasteiger partial charge in [-0.25, -0.2) is 0 Å². The van der Waals surface area contributed by atoms with Crippen molar-refractivity contribution in [2.75, 3.05) is 6.54 Å². The molecule has 1 N–H and O–H groups in total. The Morgan fingerprint density at radius 3 is 2.22 bits per heavy atom. The summed E-state index contributed by atoms with van der Waals surface area (Å²) in [4.78, 5) is 0. The molecule has 18 heavy (non-hydrogen) atoms. The van der Waals surface area contributed by atoms with Crippen molar-refractivity contribution in [1.82, 2.24) is 5.32 Å². The van der Waals surface area contributed by atoms with Gasteiger partial charge in [-0.2, -0.15) is 0 Å². The molecule has 0 aromatic heterocycles. The smallest absolute Gasteiger partial charge is 0.00470 e. The quantitative estimate of drug-likeness (QED) is 0.754. The number of rotatable bonds is 7. The van der Waals surface area contributed by atoms with Gasteiger partial charge in [-0.15, -0.1) is 0 Å². The maximum atomic E-state index is 3.64. The number of benzene rings is 1. The van der Waals surface area contributed by atoms with Gasteiger partial charge in [-0.1, -0.05) is 58.0 Å². The first kappa shape index (κ1) is 15.2. The summed E-state index contributed by atoms with van der Waals surface area (Å²) < 4.78 is 0. The Balaban J connectivity index is 2.45. The summed E-state index contributed by atoms with van der Waals surface area (Å²) in [5.74, 6) is 0.784. The lowest BCUT2D eigenvalue weighted by Gasteiger charge is -2.29. The lowest BCUT2D eigenvalue weighted by atomic mass is 9.79. The van der Waals surface area contributed by atoms with Crippen molar-refractivity contribution in [3.05, 3.63) is 35.9 Å². The lowest BCUT2D eigenvalue weighted by Crippen LogP contribution is -2.34. The third-order valence-electron chi connectivity index (χ3n) is 3.59. The molecule has 0 spiro atoms. The van der Waals surface area contributed by atoms with Gasteiger partial charge in [0.2, 0.25) is 0 Å². The van der Waals surface area contributed by atoms with Crippen LogP contribution >= 0.6 is 0 Å². The molecule has 1 nitrogen and oxygen atoms in total. The Bertz CT molecular complexity index is 327. The fraction of sp³-hybridized carbons (Fsp3) is 0.647. The SMILES string of the molecule is CC(C)CCNC(C)CC(C)(C)c1ccccc1. The summed E-state index contributed by atoms with van der Waals surface area (Å²) >= 11 is 0.